The molecular formula is C6H12N2O. The van der Waals surface area contributed by atoms with Crippen LogP contribution in [0.3, 0.4) is 0 Å². The second-order valence-corrected chi connectivity index (χ2v) is 2.07. The van der Waals surface area contributed by atoms with Gasteiger partial charge in [-0.25, -0.2) is 4.99 Å². The SMILES string of the molecule is CC(=O)/N=C(\C)N(C)C. The molecule has 3 heteroatoms. The fourth-order valence-electron chi connectivity index (χ4n) is 0.328. The highest BCUT2D eigenvalue weighted by molar-refractivity contribution is 5.91. The summed E-state index contributed by atoms with van der Waals surface area (Å²) in [6.07, 6.45) is 0. The number of rotatable bonds is 0. The monoisotopic (exact) mass is 128 g/mol. The Balaban J connectivity index is 4.00. The van der Waals surface area contributed by atoms with Crippen LogP contribution in [0.15, 0.2) is 4.99 Å². The molecule has 0 fully saturated rings. The van der Waals surface area contributed by atoms with Crippen molar-refractivity contribution in [3.8, 4) is 0 Å². The maximum absolute atomic E-state index is 10.3. The van der Waals surface area contributed by atoms with Gasteiger partial charge in [0.25, 0.3) is 0 Å². The summed E-state index contributed by atoms with van der Waals surface area (Å²) in [6.45, 7) is 3.23. The predicted molar refractivity (Wildman–Crippen MR) is 37.5 cm³/mol. The minimum atomic E-state index is -0.152. The van der Waals surface area contributed by atoms with Crippen LogP contribution in [0.1, 0.15) is 13.8 Å². The van der Waals surface area contributed by atoms with E-state index in [1.807, 2.05) is 14.1 Å². The molecule has 0 saturated heterocycles. The predicted octanol–water partition coefficient (Wildman–Crippen LogP) is 0.513. The average molecular weight is 128 g/mol. The Morgan fingerprint density at radius 2 is 1.78 bits per heavy atom. The first-order valence-corrected chi connectivity index (χ1v) is 2.77. The van der Waals surface area contributed by atoms with E-state index < -0.39 is 0 Å². The van der Waals surface area contributed by atoms with E-state index in [1.54, 1.807) is 11.8 Å². The molecule has 0 aromatic rings. The third kappa shape index (κ3) is 3.70. The first-order valence-electron chi connectivity index (χ1n) is 2.77. The van der Waals surface area contributed by atoms with Crippen molar-refractivity contribution in [2.75, 3.05) is 14.1 Å². The lowest BCUT2D eigenvalue weighted by molar-refractivity contribution is -0.115. The van der Waals surface area contributed by atoms with E-state index in [-0.39, 0.29) is 5.91 Å². The minimum Gasteiger partial charge on any atom is -0.366 e. The van der Waals surface area contributed by atoms with Gasteiger partial charge in [0.05, 0.1) is 0 Å². The molecule has 0 radical (unpaired) electrons. The molecule has 0 unspecified atom stereocenters. The summed E-state index contributed by atoms with van der Waals surface area (Å²) < 4.78 is 0. The fourth-order valence-corrected chi connectivity index (χ4v) is 0.328. The minimum absolute atomic E-state index is 0.152. The summed E-state index contributed by atoms with van der Waals surface area (Å²) >= 11 is 0. The molecule has 52 valence electrons. The van der Waals surface area contributed by atoms with Crippen molar-refractivity contribution < 1.29 is 4.79 Å². The highest BCUT2D eigenvalue weighted by atomic mass is 16.1. The number of aliphatic imine (C=N–C) groups is 1. The van der Waals surface area contributed by atoms with Crippen molar-refractivity contribution in [1.82, 2.24) is 4.90 Å². The quantitative estimate of drug-likeness (QED) is 0.352. The van der Waals surface area contributed by atoms with E-state index in [4.69, 9.17) is 0 Å². The molecular weight excluding hydrogens is 116 g/mol. The van der Waals surface area contributed by atoms with Crippen LogP contribution in [-0.2, 0) is 4.79 Å². The van der Waals surface area contributed by atoms with Crippen molar-refractivity contribution in [1.29, 1.82) is 0 Å². The lowest BCUT2D eigenvalue weighted by atomic mass is 10.6. The van der Waals surface area contributed by atoms with Gasteiger partial charge in [-0.3, -0.25) is 4.79 Å². The first-order chi connectivity index (χ1) is 4.04. The molecule has 0 aliphatic carbocycles. The largest absolute Gasteiger partial charge is 0.366 e. The van der Waals surface area contributed by atoms with Crippen LogP contribution < -0.4 is 0 Å². The molecule has 0 aliphatic heterocycles. The normalized spacial score (nSPS) is 11.3. The van der Waals surface area contributed by atoms with Gasteiger partial charge in [-0.2, -0.15) is 0 Å². The molecule has 0 aromatic carbocycles. The number of carbonyl (C=O) groups is 1. The zero-order valence-electron chi connectivity index (χ0n) is 6.30. The molecule has 0 atom stereocenters. The highest BCUT2D eigenvalue weighted by Crippen LogP contribution is 1.82. The highest BCUT2D eigenvalue weighted by Gasteiger charge is 1.92. The van der Waals surface area contributed by atoms with Crippen molar-refractivity contribution >= 4 is 11.7 Å². The van der Waals surface area contributed by atoms with Crippen molar-refractivity contribution in [2.45, 2.75) is 13.8 Å². The molecule has 0 aromatic heterocycles. The van der Waals surface area contributed by atoms with Gasteiger partial charge < -0.3 is 4.90 Å². The third-order valence-corrected chi connectivity index (χ3v) is 0.966. The third-order valence-electron chi connectivity index (χ3n) is 0.966. The van der Waals surface area contributed by atoms with Gasteiger partial charge in [-0.15, -0.1) is 0 Å². The maximum atomic E-state index is 10.3. The van der Waals surface area contributed by atoms with E-state index in [0.717, 1.165) is 5.84 Å². The Morgan fingerprint density at radius 3 is 1.89 bits per heavy atom. The smallest absolute Gasteiger partial charge is 0.244 e. The Bertz CT molecular complexity index is 138. The van der Waals surface area contributed by atoms with E-state index in [1.165, 1.54) is 6.92 Å². The van der Waals surface area contributed by atoms with Crippen LogP contribution in [0.25, 0.3) is 0 Å². The topological polar surface area (TPSA) is 32.7 Å². The molecule has 0 heterocycles. The second-order valence-electron chi connectivity index (χ2n) is 2.07. The molecule has 0 spiro atoms. The average Bonchev–Trinajstić information content (AvgIpc) is 1.63. The summed E-state index contributed by atoms with van der Waals surface area (Å²) in [4.78, 5) is 15.8. The van der Waals surface area contributed by atoms with Crippen molar-refractivity contribution in [3.63, 3.8) is 0 Å². The van der Waals surface area contributed by atoms with Gasteiger partial charge in [0, 0.05) is 21.0 Å². The number of hydrogen-bond donors (Lipinski definition) is 0. The second kappa shape index (κ2) is 3.22. The van der Waals surface area contributed by atoms with Crippen LogP contribution in [0, 0.1) is 0 Å². The molecule has 0 bridgehead atoms. The van der Waals surface area contributed by atoms with Gasteiger partial charge in [-0.1, -0.05) is 0 Å². The number of hydrogen-bond acceptors (Lipinski definition) is 1. The molecule has 0 rings (SSSR count). The van der Waals surface area contributed by atoms with Gasteiger partial charge in [0.2, 0.25) is 5.91 Å². The molecule has 0 aliphatic rings. The molecule has 0 N–H and O–H groups in total. The molecule has 9 heavy (non-hydrogen) atoms. The number of carbonyl (C=O) groups excluding carboxylic acids is 1. The zero-order chi connectivity index (χ0) is 7.44. The van der Waals surface area contributed by atoms with Gasteiger partial charge in [-0.05, 0) is 6.92 Å². The fraction of sp³-hybridized carbons (Fsp3) is 0.667. The summed E-state index contributed by atoms with van der Waals surface area (Å²) in [5, 5.41) is 0. The summed E-state index contributed by atoms with van der Waals surface area (Å²) in [5.41, 5.74) is 0. The number of amidine groups is 1. The van der Waals surface area contributed by atoms with Gasteiger partial charge >= 0.3 is 0 Å². The number of amides is 1. The standard InChI is InChI=1S/C6H12N2O/c1-5(8(3)4)7-6(2)9/h1-4H3/b7-5+. The van der Waals surface area contributed by atoms with E-state index in [9.17, 15) is 4.79 Å². The summed E-state index contributed by atoms with van der Waals surface area (Å²) in [5.74, 6) is 0.587. The Labute approximate surface area is 55.4 Å². The van der Waals surface area contributed by atoms with Crippen molar-refractivity contribution in [2.24, 2.45) is 4.99 Å². The zero-order valence-corrected chi connectivity index (χ0v) is 6.30. The van der Waals surface area contributed by atoms with E-state index >= 15 is 0 Å². The number of nitrogens with zero attached hydrogens (tertiary/aromatic N) is 2. The van der Waals surface area contributed by atoms with Gasteiger partial charge in [0.15, 0.2) is 0 Å². The van der Waals surface area contributed by atoms with Crippen LogP contribution in [0.4, 0.5) is 0 Å². The van der Waals surface area contributed by atoms with E-state index in [2.05, 4.69) is 4.99 Å². The Morgan fingerprint density at radius 1 is 1.33 bits per heavy atom. The van der Waals surface area contributed by atoms with Crippen LogP contribution in [0.5, 0.6) is 0 Å². The van der Waals surface area contributed by atoms with Crippen LogP contribution in [0.2, 0.25) is 0 Å². The first kappa shape index (κ1) is 8.14. The van der Waals surface area contributed by atoms with Crippen LogP contribution in [-0.4, -0.2) is 30.7 Å². The molecule has 3 nitrogen and oxygen atoms in total. The Kier molecular flexibility index (Phi) is 2.91. The lowest BCUT2D eigenvalue weighted by Gasteiger charge is -2.08. The summed E-state index contributed by atoms with van der Waals surface area (Å²) in [7, 11) is 3.70. The van der Waals surface area contributed by atoms with Gasteiger partial charge in [0.1, 0.15) is 5.84 Å². The van der Waals surface area contributed by atoms with E-state index in [0.29, 0.717) is 0 Å². The molecule has 1 amide bonds. The maximum Gasteiger partial charge on any atom is 0.244 e. The van der Waals surface area contributed by atoms with Crippen molar-refractivity contribution in [3.05, 3.63) is 0 Å². The Hall–Kier alpha value is -0.860. The lowest BCUT2D eigenvalue weighted by Crippen LogP contribution is -2.19. The summed E-state index contributed by atoms with van der Waals surface area (Å²) in [6, 6.07) is 0. The molecule has 0 saturated carbocycles. The van der Waals surface area contributed by atoms with Crippen LogP contribution >= 0.6 is 0 Å².